The molecule has 1 aromatic carbocycles. The number of carbonyl (C=O) groups is 2. The van der Waals surface area contributed by atoms with Gasteiger partial charge in [0.15, 0.2) is 5.58 Å². The Labute approximate surface area is 179 Å². The molecule has 3 heterocycles. The summed E-state index contributed by atoms with van der Waals surface area (Å²) in [7, 11) is 3.27. The number of piperazine rings is 1. The van der Waals surface area contributed by atoms with E-state index in [-0.39, 0.29) is 18.2 Å². The molecule has 1 fully saturated rings. The first-order valence-electron chi connectivity index (χ1n) is 10.2. The SMILES string of the molecule is COc1nn(C)cc1C(=O)N1CCN(CCNC(=O)Cc2noc3ccccc23)CC1. The molecule has 1 aliphatic rings. The summed E-state index contributed by atoms with van der Waals surface area (Å²) in [5, 5.41) is 11.9. The summed E-state index contributed by atoms with van der Waals surface area (Å²) in [4.78, 5) is 29.1. The maximum absolute atomic E-state index is 12.8. The molecule has 2 aromatic heterocycles. The van der Waals surface area contributed by atoms with Crippen molar-refractivity contribution in [2.45, 2.75) is 6.42 Å². The average Bonchev–Trinajstić information content (AvgIpc) is 3.37. The third-order valence-electron chi connectivity index (χ3n) is 5.41. The molecule has 0 spiro atoms. The number of ether oxygens (including phenoxy) is 1. The van der Waals surface area contributed by atoms with Gasteiger partial charge >= 0.3 is 0 Å². The van der Waals surface area contributed by atoms with Crippen LogP contribution in [0.25, 0.3) is 11.0 Å². The van der Waals surface area contributed by atoms with Gasteiger partial charge in [0.25, 0.3) is 5.91 Å². The molecule has 0 radical (unpaired) electrons. The van der Waals surface area contributed by atoms with E-state index >= 15 is 0 Å². The second kappa shape index (κ2) is 9.17. The first-order chi connectivity index (χ1) is 15.0. The molecule has 0 atom stereocenters. The molecule has 31 heavy (non-hydrogen) atoms. The highest BCUT2D eigenvalue weighted by atomic mass is 16.5. The first-order valence-corrected chi connectivity index (χ1v) is 10.2. The maximum Gasteiger partial charge on any atom is 0.261 e. The van der Waals surface area contributed by atoms with Crippen molar-refractivity contribution in [3.05, 3.63) is 41.7 Å². The molecule has 0 aliphatic carbocycles. The highest BCUT2D eigenvalue weighted by molar-refractivity contribution is 5.96. The predicted octanol–water partition coefficient (Wildman–Crippen LogP) is 0.687. The molecule has 0 unspecified atom stereocenters. The molecule has 0 saturated carbocycles. The number of fused-ring (bicyclic) bond motifs is 1. The second-order valence-corrected chi connectivity index (χ2v) is 7.51. The fourth-order valence-corrected chi connectivity index (χ4v) is 3.74. The molecule has 4 rings (SSSR count). The normalized spacial score (nSPS) is 14.7. The van der Waals surface area contributed by atoms with Gasteiger partial charge in [-0.2, -0.15) is 0 Å². The summed E-state index contributed by atoms with van der Waals surface area (Å²) in [5.74, 6) is 0.187. The molecular formula is C21H26N6O4. The van der Waals surface area contributed by atoms with Crippen molar-refractivity contribution >= 4 is 22.8 Å². The van der Waals surface area contributed by atoms with Crippen LogP contribution in [0.2, 0.25) is 0 Å². The zero-order valence-corrected chi connectivity index (χ0v) is 17.7. The Morgan fingerprint density at radius 1 is 1.19 bits per heavy atom. The van der Waals surface area contributed by atoms with E-state index in [2.05, 4.69) is 20.5 Å². The number of nitrogens with one attached hydrogen (secondary N) is 1. The number of hydrogen-bond donors (Lipinski definition) is 1. The van der Waals surface area contributed by atoms with Crippen LogP contribution >= 0.6 is 0 Å². The molecule has 10 heteroatoms. The van der Waals surface area contributed by atoms with Crippen LogP contribution in [0.3, 0.4) is 0 Å². The molecule has 3 aromatic rings. The molecule has 1 N–H and O–H groups in total. The molecule has 2 amide bonds. The van der Waals surface area contributed by atoms with Crippen LogP contribution in [0.5, 0.6) is 5.88 Å². The summed E-state index contributed by atoms with van der Waals surface area (Å²) in [5.41, 5.74) is 1.80. The number of hydrogen-bond acceptors (Lipinski definition) is 7. The van der Waals surface area contributed by atoms with Crippen LogP contribution in [0.4, 0.5) is 0 Å². The number of aryl methyl sites for hydroxylation is 1. The van der Waals surface area contributed by atoms with Crippen molar-refractivity contribution in [2.24, 2.45) is 7.05 Å². The molecule has 1 saturated heterocycles. The van der Waals surface area contributed by atoms with E-state index in [1.165, 1.54) is 7.11 Å². The lowest BCUT2D eigenvalue weighted by Crippen LogP contribution is -2.50. The molecule has 10 nitrogen and oxygen atoms in total. The smallest absolute Gasteiger partial charge is 0.261 e. The minimum Gasteiger partial charge on any atom is -0.479 e. The Bertz CT molecular complexity index is 1070. The van der Waals surface area contributed by atoms with Gasteiger partial charge in [0, 0.05) is 57.9 Å². The third-order valence-corrected chi connectivity index (χ3v) is 5.41. The van der Waals surface area contributed by atoms with Crippen LogP contribution in [0.1, 0.15) is 16.1 Å². The monoisotopic (exact) mass is 426 g/mol. The number of nitrogens with zero attached hydrogens (tertiary/aromatic N) is 5. The van der Waals surface area contributed by atoms with Crippen LogP contribution in [0, 0.1) is 0 Å². The van der Waals surface area contributed by atoms with E-state index in [9.17, 15) is 9.59 Å². The minimum absolute atomic E-state index is 0.0715. The van der Waals surface area contributed by atoms with Gasteiger partial charge in [-0.15, -0.1) is 5.10 Å². The Hall–Kier alpha value is -3.40. The van der Waals surface area contributed by atoms with E-state index in [0.717, 1.165) is 25.0 Å². The zero-order chi connectivity index (χ0) is 21.8. The summed E-state index contributed by atoms with van der Waals surface area (Å²) in [6, 6.07) is 7.50. The summed E-state index contributed by atoms with van der Waals surface area (Å²) in [6.45, 7) is 4.00. The Morgan fingerprint density at radius 3 is 2.74 bits per heavy atom. The van der Waals surface area contributed by atoms with Crippen LogP contribution in [-0.2, 0) is 18.3 Å². The Balaban J connectivity index is 1.20. The number of rotatable bonds is 7. The van der Waals surface area contributed by atoms with Gasteiger partial charge in [0.05, 0.1) is 13.5 Å². The number of benzene rings is 1. The highest BCUT2D eigenvalue weighted by Crippen LogP contribution is 2.19. The third kappa shape index (κ3) is 4.69. The van der Waals surface area contributed by atoms with Gasteiger partial charge in [-0.25, -0.2) is 0 Å². The molecule has 0 bridgehead atoms. The first kappa shape index (κ1) is 20.9. The fourth-order valence-electron chi connectivity index (χ4n) is 3.74. The van der Waals surface area contributed by atoms with Crippen LogP contribution in [0.15, 0.2) is 35.0 Å². The quantitative estimate of drug-likeness (QED) is 0.592. The lowest BCUT2D eigenvalue weighted by Gasteiger charge is -2.34. The van der Waals surface area contributed by atoms with Crippen molar-refractivity contribution in [3.8, 4) is 5.88 Å². The van der Waals surface area contributed by atoms with E-state index < -0.39 is 0 Å². The van der Waals surface area contributed by atoms with E-state index in [4.69, 9.17) is 9.26 Å². The summed E-state index contributed by atoms with van der Waals surface area (Å²) >= 11 is 0. The number of amides is 2. The maximum atomic E-state index is 12.8. The highest BCUT2D eigenvalue weighted by Gasteiger charge is 2.26. The lowest BCUT2D eigenvalue weighted by atomic mass is 10.1. The zero-order valence-electron chi connectivity index (χ0n) is 17.7. The van der Waals surface area contributed by atoms with Gasteiger partial charge in [-0.05, 0) is 12.1 Å². The summed E-state index contributed by atoms with van der Waals surface area (Å²) in [6.07, 6.45) is 1.87. The molecule has 1 aliphatic heterocycles. The fraction of sp³-hybridized carbons (Fsp3) is 0.429. The number of para-hydroxylation sites is 1. The van der Waals surface area contributed by atoms with Gasteiger partial charge in [0.2, 0.25) is 11.8 Å². The van der Waals surface area contributed by atoms with Crippen molar-refractivity contribution < 1.29 is 18.8 Å². The molecular weight excluding hydrogens is 400 g/mol. The van der Waals surface area contributed by atoms with E-state index in [1.807, 2.05) is 29.2 Å². The van der Waals surface area contributed by atoms with Gasteiger partial charge in [-0.3, -0.25) is 19.2 Å². The largest absolute Gasteiger partial charge is 0.479 e. The van der Waals surface area contributed by atoms with Gasteiger partial charge < -0.3 is 19.5 Å². The number of aromatic nitrogens is 3. The van der Waals surface area contributed by atoms with Crippen LogP contribution < -0.4 is 10.1 Å². The minimum atomic E-state index is -0.0865. The van der Waals surface area contributed by atoms with Gasteiger partial charge in [-0.1, -0.05) is 17.3 Å². The van der Waals surface area contributed by atoms with Crippen molar-refractivity contribution in [2.75, 3.05) is 46.4 Å². The predicted molar refractivity (Wildman–Crippen MR) is 113 cm³/mol. The van der Waals surface area contributed by atoms with Crippen molar-refractivity contribution in [1.29, 1.82) is 0 Å². The number of carbonyl (C=O) groups excluding carboxylic acids is 2. The number of methoxy groups -OCH3 is 1. The van der Waals surface area contributed by atoms with Crippen LogP contribution in [-0.4, -0.2) is 82.9 Å². The standard InChI is InChI=1S/C21H26N6O4/c1-25-14-16(20(23-25)30-2)21(29)27-11-9-26(10-12-27)8-7-22-19(28)13-17-15-5-3-4-6-18(15)31-24-17/h3-6,14H,7-13H2,1-2H3,(H,22,28). The molecule has 164 valence electrons. The van der Waals surface area contributed by atoms with Crippen molar-refractivity contribution in [3.63, 3.8) is 0 Å². The lowest BCUT2D eigenvalue weighted by molar-refractivity contribution is -0.120. The van der Waals surface area contributed by atoms with Crippen molar-refractivity contribution in [1.82, 2.24) is 30.1 Å². The second-order valence-electron chi connectivity index (χ2n) is 7.51. The van der Waals surface area contributed by atoms with Gasteiger partial charge in [0.1, 0.15) is 11.3 Å². The Morgan fingerprint density at radius 2 is 1.97 bits per heavy atom. The average molecular weight is 426 g/mol. The van der Waals surface area contributed by atoms with E-state index in [1.54, 1.807) is 17.9 Å². The topological polar surface area (TPSA) is 106 Å². The Kier molecular flexibility index (Phi) is 6.17. The summed E-state index contributed by atoms with van der Waals surface area (Å²) < 4.78 is 12.0. The van der Waals surface area contributed by atoms with E-state index in [0.29, 0.717) is 42.4 Å².